The molecule has 0 spiro atoms. The fraction of sp³-hybridized carbons (Fsp3) is 0.667. The van der Waals surface area contributed by atoms with Gasteiger partial charge in [-0.15, -0.1) is 0 Å². The molecule has 1 atom stereocenters. The van der Waals surface area contributed by atoms with E-state index in [2.05, 4.69) is 20.1 Å². The summed E-state index contributed by atoms with van der Waals surface area (Å²) in [5.74, 6) is 1.30. The van der Waals surface area contributed by atoms with Crippen molar-refractivity contribution in [3.63, 3.8) is 0 Å². The van der Waals surface area contributed by atoms with Gasteiger partial charge in [0.1, 0.15) is 0 Å². The lowest BCUT2D eigenvalue weighted by atomic mass is 10.2. The largest absolute Gasteiger partial charge is 0.387 e. The fourth-order valence-electron chi connectivity index (χ4n) is 2.73. The molecule has 126 valence electrons. The average molecular weight is 321 g/mol. The van der Waals surface area contributed by atoms with E-state index in [1.807, 2.05) is 10.7 Å². The Morgan fingerprint density at radius 1 is 1.43 bits per heavy atom. The summed E-state index contributed by atoms with van der Waals surface area (Å²) < 4.78 is 12.3. The van der Waals surface area contributed by atoms with Gasteiger partial charge < -0.3 is 14.4 Å². The number of aliphatic hydroxyl groups excluding tert-OH is 1. The Balaban J connectivity index is 1.65. The van der Waals surface area contributed by atoms with Gasteiger partial charge in [-0.05, 0) is 19.4 Å². The predicted molar refractivity (Wildman–Crippen MR) is 81.5 cm³/mol. The monoisotopic (exact) mass is 321 g/mol. The van der Waals surface area contributed by atoms with Gasteiger partial charge in [0.05, 0.1) is 30.6 Å². The summed E-state index contributed by atoms with van der Waals surface area (Å²) in [5.41, 5.74) is 1.83. The van der Waals surface area contributed by atoms with Crippen LogP contribution < -0.4 is 0 Å². The Labute approximate surface area is 135 Å². The lowest BCUT2D eigenvalue weighted by Crippen LogP contribution is -2.23. The van der Waals surface area contributed by atoms with Crippen LogP contribution in [0.2, 0.25) is 0 Å². The van der Waals surface area contributed by atoms with Crippen molar-refractivity contribution in [1.29, 1.82) is 0 Å². The topological polar surface area (TPSA) is 89.4 Å². The van der Waals surface area contributed by atoms with Crippen LogP contribution in [-0.2, 0) is 30.8 Å². The number of fused-ring (bicyclic) bond motifs is 1. The molecule has 0 amide bonds. The molecule has 1 unspecified atom stereocenters. The van der Waals surface area contributed by atoms with Crippen LogP contribution in [-0.4, -0.2) is 50.2 Å². The number of aryl methyl sites for hydroxylation is 1. The third-order valence-corrected chi connectivity index (χ3v) is 3.94. The molecular weight excluding hydrogens is 298 g/mol. The zero-order valence-electron chi connectivity index (χ0n) is 13.6. The quantitative estimate of drug-likeness (QED) is 0.846. The van der Waals surface area contributed by atoms with Crippen LogP contribution in [0, 0.1) is 0 Å². The molecule has 8 heteroatoms. The molecule has 3 rings (SSSR count). The molecule has 0 saturated heterocycles. The summed E-state index contributed by atoms with van der Waals surface area (Å²) in [6.07, 6.45) is 1.12. The molecule has 0 saturated carbocycles. The van der Waals surface area contributed by atoms with E-state index in [4.69, 9.17) is 9.26 Å². The lowest BCUT2D eigenvalue weighted by Gasteiger charge is -2.16. The first-order valence-electron chi connectivity index (χ1n) is 7.93. The zero-order chi connectivity index (χ0) is 16.2. The molecule has 0 fully saturated rings. The van der Waals surface area contributed by atoms with Gasteiger partial charge in [-0.2, -0.15) is 10.1 Å². The number of nitrogens with zero attached hydrogens (tertiary/aromatic N) is 5. The highest BCUT2D eigenvalue weighted by atomic mass is 16.5. The van der Waals surface area contributed by atoms with Crippen molar-refractivity contribution in [2.75, 3.05) is 20.3 Å². The molecule has 1 aliphatic heterocycles. The Kier molecular flexibility index (Phi) is 5.04. The van der Waals surface area contributed by atoms with E-state index in [0.717, 1.165) is 37.4 Å². The van der Waals surface area contributed by atoms with E-state index in [-0.39, 0.29) is 0 Å². The SMILES string of the molecule is COCCc1noc(CN2CCCn3nc(C(C)O)cc3C2)n1. The zero-order valence-corrected chi connectivity index (χ0v) is 13.6. The first kappa shape index (κ1) is 16.1. The number of rotatable bonds is 6. The minimum Gasteiger partial charge on any atom is -0.387 e. The van der Waals surface area contributed by atoms with E-state index >= 15 is 0 Å². The summed E-state index contributed by atoms with van der Waals surface area (Å²) in [4.78, 5) is 6.66. The maximum absolute atomic E-state index is 9.69. The van der Waals surface area contributed by atoms with E-state index in [0.29, 0.717) is 31.3 Å². The van der Waals surface area contributed by atoms with Crippen LogP contribution in [0.1, 0.15) is 42.6 Å². The Hall–Kier alpha value is -1.77. The molecule has 0 aliphatic carbocycles. The normalized spacial score (nSPS) is 17.0. The standard InChI is InChI=1S/C15H23N5O3/c1-11(21)13-8-12-9-19(5-3-6-20(12)17-13)10-15-16-14(18-23-15)4-7-22-2/h8,11,21H,3-7,9-10H2,1-2H3. The second kappa shape index (κ2) is 7.20. The van der Waals surface area contributed by atoms with Gasteiger partial charge in [0.25, 0.3) is 0 Å². The summed E-state index contributed by atoms with van der Waals surface area (Å²) in [6, 6.07) is 1.97. The lowest BCUT2D eigenvalue weighted by molar-refractivity contribution is 0.192. The van der Waals surface area contributed by atoms with Gasteiger partial charge in [-0.1, -0.05) is 5.16 Å². The maximum atomic E-state index is 9.69. The van der Waals surface area contributed by atoms with Crippen molar-refractivity contribution in [3.8, 4) is 0 Å². The molecule has 0 radical (unpaired) electrons. The number of ether oxygens (including phenoxy) is 1. The Morgan fingerprint density at radius 2 is 2.30 bits per heavy atom. The van der Waals surface area contributed by atoms with Crippen LogP contribution in [0.25, 0.3) is 0 Å². The number of aromatic nitrogens is 4. The number of hydrogen-bond acceptors (Lipinski definition) is 7. The van der Waals surface area contributed by atoms with Crippen molar-refractivity contribution < 1.29 is 14.4 Å². The number of methoxy groups -OCH3 is 1. The van der Waals surface area contributed by atoms with E-state index in [1.54, 1.807) is 14.0 Å². The van der Waals surface area contributed by atoms with Crippen molar-refractivity contribution >= 4 is 0 Å². The summed E-state index contributed by atoms with van der Waals surface area (Å²) in [6.45, 7) is 5.51. The van der Waals surface area contributed by atoms with Crippen LogP contribution in [0.4, 0.5) is 0 Å². The summed E-state index contributed by atoms with van der Waals surface area (Å²) in [7, 11) is 1.66. The molecular formula is C15H23N5O3. The van der Waals surface area contributed by atoms with Gasteiger partial charge in [-0.25, -0.2) is 0 Å². The van der Waals surface area contributed by atoms with Gasteiger partial charge >= 0.3 is 0 Å². The van der Waals surface area contributed by atoms with Crippen molar-refractivity contribution in [3.05, 3.63) is 29.2 Å². The number of aliphatic hydroxyl groups is 1. The van der Waals surface area contributed by atoms with Crippen LogP contribution in [0.15, 0.2) is 10.6 Å². The third-order valence-electron chi connectivity index (χ3n) is 3.94. The first-order chi connectivity index (χ1) is 11.2. The van der Waals surface area contributed by atoms with E-state index in [9.17, 15) is 5.11 Å². The van der Waals surface area contributed by atoms with Gasteiger partial charge in [0, 0.05) is 33.2 Å². The highest BCUT2D eigenvalue weighted by Gasteiger charge is 2.20. The molecule has 2 aromatic heterocycles. The molecule has 0 aromatic carbocycles. The van der Waals surface area contributed by atoms with Gasteiger partial charge in [-0.3, -0.25) is 9.58 Å². The molecule has 1 N–H and O–H groups in total. The third kappa shape index (κ3) is 3.95. The Bertz CT molecular complexity index is 637. The molecule has 3 heterocycles. The predicted octanol–water partition coefficient (Wildman–Crippen LogP) is 0.914. The van der Waals surface area contributed by atoms with Crippen molar-refractivity contribution in [2.24, 2.45) is 0 Å². The van der Waals surface area contributed by atoms with Crippen LogP contribution in [0.3, 0.4) is 0 Å². The number of hydrogen-bond donors (Lipinski definition) is 1. The second-order valence-corrected chi connectivity index (χ2v) is 5.87. The molecule has 23 heavy (non-hydrogen) atoms. The summed E-state index contributed by atoms with van der Waals surface area (Å²) >= 11 is 0. The van der Waals surface area contributed by atoms with Crippen molar-refractivity contribution in [2.45, 2.75) is 45.5 Å². The fourth-order valence-corrected chi connectivity index (χ4v) is 2.73. The van der Waals surface area contributed by atoms with E-state index in [1.165, 1.54) is 0 Å². The van der Waals surface area contributed by atoms with E-state index < -0.39 is 6.10 Å². The highest BCUT2D eigenvalue weighted by Crippen LogP contribution is 2.19. The summed E-state index contributed by atoms with van der Waals surface area (Å²) in [5, 5.41) is 18.1. The minimum absolute atomic E-state index is 0.540. The second-order valence-electron chi connectivity index (χ2n) is 5.87. The molecule has 0 bridgehead atoms. The van der Waals surface area contributed by atoms with Crippen LogP contribution in [0.5, 0.6) is 0 Å². The highest BCUT2D eigenvalue weighted by molar-refractivity contribution is 5.13. The minimum atomic E-state index is -0.540. The van der Waals surface area contributed by atoms with Crippen LogP contribution >= 0.6 is 0 Å². The smallest absolute Gasteiger partial charge is 0.240 e. The first-order valence-corrected chi connectivity index (χ1v) is 7.93. The Morgan fingerprint density at radius 3 is 3.09 bits per heavy atom. The molecule has 8 nitrogen and oxygen atoms in total. The maximum Gasteiger partial charge on any atom is 0.240 e. The molecule has 2 aromatic rings. The van der Waals surface area contributed by atoms with Crippen molar-refractivity contribution in [1.82, 2.24) is 24.8 Å². The van der Waals surface area contributed by atoms with Gasteiger partial charge in [0.15, 0.2) is 5.82 Å². The van der Waals surface area contributed by atoms with Gasteiger partial charge in [0.2, 0.25) is 5.89 Å². The average Bonchev–Trinajstić information content (AvgIpc) is 3.08. The molecule has 1 aliphatic rings.